The van der Waals surface area contributed by atoms with E-state index in [2.05, 4.69) is 25.6 Å². The molecule has 1 aliphatic rings. The molecular weight excluding hydrogens is 435 g/mol. The third-order valence-corrected chi connectivity index (χ3v) is 5.60. The second-order valence-electron chi connectivity index (χ2n) is 7.46. The van der Waals surface area contributed by atoms with Crippen LogP contribution >= 0.6 is 11.6 Å². The Morgan fingerprint density at radius 1 is 1.34 bits per heavy atom. The minimum absolute atomic E-state index is 0.0670. The van der Waals surface area contributed by atoms with Gasteiger partial charge < -0.3 is 20.6 Å². The number of carbonyl (C=O) groups excluding carboxylic acids is 1. The van der Waals surface area contributed by atoms with E-state index >= 15 is 0 Å². The molecule has 0 aliphatic carbocycles. The lowest BCUT2D eigenvalue weighted by atomic mass is 10.1. The zero-order chi connectivity index (χ0) is 22.7. The largest absolute Gasteiger partial charge is 0.394 e. The van der Waals surface area contributed by atoms with Crippen molar-refractivity contribution in [1.29, 1.82) is 0 Å². The number of nitrogens with one attached hydrogen (secondary N) is 2. The van der Waals surface area contributed by atoms with Gasteiger partial charge in [0.1, 0.15) is 5.82 Å². The third kappa shape index (κ3) is 4.79. The van der Waals surface area contributed by atoms with Gasteiger partial charge in [0.2, 0.25) is 5.95 Å². The first-order valence-electron chi connectivity index (χ1n) is 10.1. The van der Waals surface area contributed by atoms with E-state index in [4.69, 9.17) is 11.6 Å². The van der Waals surface area contributed by atoms with Gasteiger partial charge in [-0.25, -0.2) is 19.2 Å². The summed E-state index contributed by atoms with van der Waals surface area (Å²) in [5.41, 5.74) is 3.88. The molecule has 8 nitrogen and oxygen atoms in total. The molecule has 0 saturated carbocycles. The number of hydrogen-bond donors (Lipinski definition) is 3. The summed E-state index contributed by atoms with van der Waals surface area (Å²) in [6.07, 6.45) is 4.09. The quantitative estimate of drug-likeness (QED) is 0.542. The Hall–Kier alpha value is -3.30. The summed E-state index contributed by atoms with van der Waals surface area (Å²) in [6.45, 7) is 2.32. The van der Waals surface area contributed by atoms with Crippen LogP contribution < -0.4 is 10.6 Å². The van der Waals surface area contributed by atoms with Crippen LogP contribution in [0.1, 0.15) is 28.6 Å². The first kappa shape index (κ1) is 21.9. The number of rotatable bonds is 5. The normalized spacial score (nSPS) is 13.9. The minimum Gasteiger partial charge on any atom is -0.394 e. The van der Waals surface area contributed by atoms with Crippen LogP contribution in [0.25, 0.3) is 0 Å². The highest BCUT2D eigenvalue weighted by molar-refractivity contribution is 6.30. The van der Waals surface area contributed by atoms with E-state index in [9.17, 15) is 14.3 Å². The van der Waals surface area contributed by atoms with Gasteiger partial charge in [0.25, 0.3) is 0 Å². The van der Waals surface area contributed by atoms with Gasteiger partial charge in [-0.05, 0) is 48.7 Å². The van der Waals surface area contributed by atoms with Crippen LogP contribution in [0.15, 0.2) is 42.7 Å². The number of fused-ring (bicyclic) bond motifs is 1. The molecule has 2 aromatic heterocycles. The van der Waals surface area contributed by atoms with Gasteiger partial charge in [-0.15, -0.1) is 0 Å². The van der Waals surface area contributed by atoms with Crippen LogP contribution in [0.3, 0.4) is 0 Å². The zero-order valence-corrected chi connectivity index (χ0v) is 18.1. The van der Waals surface area contributed by atoms with Gasteiger partial charge >= 0.3 is 6.03 Å². The molecule has 0 bridgehead atoms. The van der Waals surface area contributed by atoms with Gasteiger partial charge in [0.15, 0.2) is 0 Å². The smallest absolute Gasteiger partial charge is 0.318 e. The molecule has 10 heteroatoms. The standard InChI is InChI=1S/C22H22ClFN6O2/c1-13-18(3-2-7-25-13)27-21-26-10-15-6-8-30(11-19(15)28-21)22(32)29-20(12-31)14-4-5-17(24)16(23)9-14/h2-5,7,9-10,20,31H,6,8,11-12H2,1H3,(H,29,32)(H,26,27,28)/t20-/m1/s1. The molecule has 0 unspecified atom stereocenters. The maximum absolute atomic E-state index is 13.4. The lowest BCUT2D eigenvalue weighted by molar-refractivity contribution is 0.176. The van der Waals surface area contributed by atoms with Gasteiger partial charge in [-0.3, -0.25) is 4.98 Å². The number of aryl methyl sites for hydroxylation is 1. The van der Waals surface area contributed by atoms with E-state index in [-0.39, 0.29) is 17.7 Å². The molecule has 0 radical (unpaired) electrons. The van der Waals surface area contributed by atoms with Crippen LogP contribution in [-0.4, -0.2) is 44.1 Å². The second-order valence-corrected chi connectivity index (χ2v) is 7.86. The molecule has 3 heterocycles. The monoisotopic (exact) mass is 456 g/mol. The number of nitrogens with zero attached hydrogens (tertiary/aromatic N) is 4. The molecular formula is C22H22ClFN6O2. The second kappa shape index (κ2) is 9.46. The number of aromatic nitrogens is 3. The Kier molecular flexibility index (Phi) is 6.48. The van der Waals surface area contributed by atoms with Crippen molar-refractivity contribution in [3.63, 3.8) is 0 Å². The number of benzene rings is 1. The summed E-state index contributed by atoms with van der Waals surface area (Å²) in [6, 6.07) is 6.74. The first-order chi connectivity index (χ1) is 15.4. The van der Waals surface area contributed by atoms with E-state index in [1.165, 1.54) is 18.2 Å². The number of amides is 2. The van der Waals surface area contributed by atoms with E-state index in [0.717, 1.165) is 22.6 Å². The molecule has 4 rings (SSSR count). The Labute approximate surface area is 189 Å². The van der Waals surface area contributed by atoms with Crippen LogP contribution in [0, 0.1) is 12.7 Å². The van der Waals surface area contributed by atoms with Crippen molar-refractivity contribution < 1.29 is 14.3 Å². The van der Waals surface area contributed by atoms with Crippen molar-refractivity contribution >= 4 is 29.3 Å². The van der Waals surface area contributed by atoms with E-state index in [0.29, 0.717) is 31.0 Å². The zero-order valence-electron chi connectivity index (χ0n) is 17.3. The van der Waals surface area contributed by atoms with Gasteiger partial charge in [-0.1, -0.05) is 17.7 Å². The Morgan fingerprint density at radius 3 is 2.94 bits per heavy atom. The highest BCUT2D eigenvalue weighted by Gasteiger charge is 2.25. The Balaban J connectivity index is 1.46. The number of anilines is 2. The highest BCUT2D eigenvalue weighted by atomic mass is 35.5. The predicted octanol–water partition coefficient (Wildman–Crippen LogP) is 3.52. The molecule has 1 atom stereocenters. The topological polar surface area (TPSA) is 103 Å². The Morgan fingerprint density at radius 2 is 2.19 bits per heavy atom. The molecule has 166 valence electrons. The molecule has 1 aliphatic heterocycles. The summed E-state index contributed by atoms with van der Waals surface area (Å²) in [4.78, 5) is 27.7. The van der Waals surface area contributed by atoms with Crippen molar-refractivity contribution in [1.82, 2.24) is 25.2 Å². The predicted molar refractivity (Wildman–Crippen MR) is 118 cm³/mol. The number of aliphatic hydroxyl groups is 1. The van der Waals surface area contributed by atoms with E-state index < -0.39 is 11.9 Å². The van der Waals surface area contributed by atoms with Crippen LogP contribution in [0.2, 0.25) is 5.02 Å². The maximum atomic E-state index is 13.4. The maximum Gasteiger partial charge on any atom is 0.318 e. The lowest BCUT2D eigenvalue weighted by Gasteiger charge is -2.30. The average Bonchev–Trinajstić information content (AvgIpc) is 2.80. The van der Waals surface area contributed by atoms with E-state index in [1.54, 1.807) is 17.3 Å². The number of pyridine rings is 1. The summed E-state index contributed by atoms with van der Waals surface area (Å²) in [5, 5.41) is 15.6. The number of hydrogen-bond acceptors (Lipinski definition) is 6. The summed E-state index contributed by atoms with van der Waals surface area (Å²) in [5.74, 6) is -0.132. The third-order valence-electron chi connectivity index (χ3n) is 5.31. The van der Waals surface area contributed by atoms with Gasteiger partial charge in [-0.2, -0.15) is 0 Å². The molecule has 3 N–H and O–H groups in total. The molecule has 32 heavy (non-hydrogen) atoms. The SMILES string of the molecule is Cc1ncccc1Nc1ncc2c(n1)CN(C(=O)N[C@H](CO)c1ccc(F)c(Cl)c1)CC2. The number of halogens is 2. The Bertz CT molecular complexity index is 1150. The van der Waals surface area contributed by atoms with Crippen molar-refractivity contribution in [3.8, 4) is 0 Å². The molecule has 0 fully saturated rings. The lowest BCUT2D eigenvalue weighted by Crippen LogP contribution is -2.45. The van der Waals surface area contributed by atoms with Gasteiger partial charge in [0, 0.05) is 18.9 Å². The molecule has 2 amide bonds. The van der Waals surface area contributed by atoms with E-state index in [1.807, 2.05) is 19.1 Å². The fourth-order valence-corrected chi connectivity index (χ4v) is 3.67. The molecule has 0 spiro atoms. The van der Waals surface area contributed by atoms with Crippen LogP contribution in [-0.2, 0) is 13.0 Å². The van der Waals surface area contributed by atoms with Gasteiger partial charge in [0.05, 0.1) is 41.3 Å². The molecule has 3 aromatic rings. The highest BCUT2D eigenvalue weighted by Crippen LogP contribution is 2.23. The fourth-order valence-electron chi connectivity index (χ4n) is 3.48. The van der Waals surface area contributed by atoms with Crippen molar-refractivity contribution in [2.75, 3.05) is 18.5 Å². The molecule has 0 saturated heterocycles. The van der Waals surface area contributed by atoms with Crippen molar-refractivity contribution in [2.24, 2.45) is 0 Å². The number of aliphatic hydroxyl groups excluding tert-OH is 1. The summed E-state index contributed by atoms with van der Waals surface area (Å²) < 4.78 is 13.4. The summed E-state index contributed by atoms with van der Waals surface area (Å²) in [7, 11) is 0. The fraction of sp³-hybridized carbons (Fsp3) is 0.273. The van der Waals surface area contributed by atoms with Crippen LogP contribution in [0.5, 0.6) is 0 Å². The van der Waals surface area contributed by atoms with Crippen LogP contribution in [0.4, 0.5) is 20.8 Å². The first-order valence-corrected chi connectivity index (χ1v) is 10.5. The number of carbonyl (C=O) groups is 1. The molecule has 1 aromatic carbocycles. The van der Waals surface area contributed by atoms with Crippen molar-refractivity contribution in [3.05, 3.63) is 76.1 Å². The number of urea groups is 1. The average molecular weight is 457 g/mol. The summed E-state index contributed by atoms with van der Waals surface area (Å²) >= 11 is 5.84. The minimum atomic E-state index is -0.710. The van der Waals surface area contributed by atoms with Crippen molar-refractivity contribution in [2.45, 2.75) is 25.9 Å².